The standard InChI is InChI=1S/C11H8ClNO4/c12-8-1-2-10(9(3-8)11(14)15)16-5-7-4-13-17-6-7/h1-4,6H,5H2,(H,14,15). The highest BCUT2D eigenvalue weighted by molar-refractivity contribution is 6.31. The first-order valence-corrected chi connectivity index (χ1v) is 5.08. The van der Waals surface area contributed by atoms with Crippen LogP contribution in [0.4, 0.5) is 0 Å². The molecule has 0 unspecified atom stereocenters. The van der Waals surface area contributed by atoms with Crippen molar-refractivity contribution >= 4 is 17.6 Å². The van der Waals surface area contributed by atoms with Crippen LogP contribution in [0.25, 0.3) is 0 Å². The molecule has 0 bridgehead atoms. The Balaban J connectivity index is 2.17. The van der Waals surface area contributed by atoms with Gasteiger partial charge < -0.3 is 14.4 Å². The van der Waals surface area contributed by atoms with Crippen molar-refractivity contribution in [3.63, 3.8) is 0 Å². The van der Waals surface area contributed by atoms with Crippen LogP contribution in [0.2, 0.25) is 5.02 Å². The summed E-state index contributed by atoms with van der Waals surface area (Å²) in [5.41, 5.74) is 0.741. The van der Waals surface area contributed by atoms with Crippen LogP contribution in [0.5, 0.6) is 5.75 Å². The smallest absolute Gasteiger partial charge is 0.339 e. The van der Waals surface area contributed by atoms with E-state index in [-0.39, 0.29) is 17.9 Å². The summed E-state index contributed by atoms with van der Waals surface area (Å²) in [6.45, 7) is 0.186. The minimum absolute atomic E-state index is 0.0222. The van der Waals surface area contributed by atoms with Gasteiger partial charge >= 0.3 is 5.97 Å². The van der Waals surface area contributed by atoms with Crippen LogP contribution in [-0.2, 0) is 6.61 Å². The molecule has 1 N–H and O–H groups in total. The summed E-state index contributed by atoms with van der Waals surface area (Å²) in [7, 11) is 0. The van der Waals surface area contributed by atoms with Gasteiger partial charge in [0, 0.05) is 10.6 Å². The zero-order valence-corrected chi connectivity index (χ0v) is 9.35. The summed E-state index contributed by atoms with van der Waals surface area (Å²) in [4.78, 5) is 11.0. The second-order valence-electron chi connectivity index (χ2n) is 3.27. The summed E-state index contributed by atoms with van der Waals surface area (Å²) in [6, 6.07) is 4.42. The molecule has 2 rings (SSSR count). The minimum Gasteiger partial charge on any atom is -0.488 e. The van der Waals surface area contributed by atoms with E-state index >= 15 is 0 Å². The maximum Gasteiger partial charge on any atom is 0.339 e. The molecule has 5 nitrogen and oxygen atoms in total. The zero-order chi connectivity index (χ0) is 12.3. The van der Waals surface area contributed by atoms with Gasteiger partial charge in [-0.25, -0.2) is 4.79 Å². The van der Waals surface area contributed by atoms with Crippen LogP contribution in [0.15, 0.2) is 35.2 Å². The lowest BCUT2D eigenvalue weighted by atomic mass is 10.2. The molecule has 0 atom stereocenters. The molecule has 88 valence electrons. The fourth-order valence-electron chi connectivity index (χ4n) is 1.25. The highest BCUT2D eigenvalue weighted by atomic mass is 35.5. The molecule has 1 aromatic heterocycles. The van der Waals surface area contributed by atoms with E-state index in [1.54, 1.807) is 6.07 Å². The highest BCUT2D eigenvalue weighted by Gasteiger charge is 2.12. The van der Waals surface area contributed by atoms with Crippen molar-refractivity contribution in [2.75, 3.05) is 0 Å². The molecule has 1 aromatic carbocycles. The third-order valence-corrected chi connectivity index (χ3v) is 2.28. The fourth-order valence-corrected chi connectivity index (χ4v) is 1.43. The topological polar surface area (TPSA) is 72.6 Å². The van der Waals surface area contributed by atoms with Gasteiger partial charge in [-0.3, -0.25) is 0 Å². The Hall–Kier alpha value is -2.01. The first-order chi connectivity index (χ1) is 8.16. The van der Waals surface area contributed by atoms with Gasteiger partial charge in [0.25, 0.3) is 0 Å². The van der Waals surface area contributed by atoms with Crippen molar-refractivity contribution in [1.29, 1.82) is 0 Å². The molecule has 17 heavy (non-hydrogen) atoms. The van der Waals surface area contributed by atoms with E-state index < -0.39 is 5.97 Å². The number of ether oxygens (including phenoxy) is 1. The van der Waals surface area contributed by atoms with Crippen LogP contribution < -0.4 is 4.74 Å². The molecule has 6 heteroatoms. The summed E-state index contributed by atoms with van der Waals surface area (Å²) in [6.07, 6.45) is 2.92. The Morgan fingerprint density at radius 2 is 2.35 bits per heavy atom. The van der Waals surface area contributed by atoms with Crippen molar-refractivity contribution < 1.29 is 19.2 Å². The first kappa shape index (κ1) is 11.5. The van der Waals surface area contributed by atoms with E-state index in [0.29, 0.717) is 5.02 Å². The van der Waals surface area contributed by atoms with Crippen LogP contribution in [0.3, 0.4) is 0 Å². The van der Waals surface area contributed by atoms with Gasteiger partial charge in [0.05, 0.1) is 6.20 Å². The maximum absolute atomic E-state index is 11.0. The number of hydrogen-bond acceptors (Lipinski definition) is 4. The number of benzene rings is 1. The number of carboxylic acids is 1. The minimum atomic E-state index is -1.09. The van der Waals surface area contributed by atoms with Crippen molar-refractivity contribution in [2.45, 2.75) is 6.61 Å². The van der Waals surface area contributed by atoms with E-state index in [2.05, 4.69) is 9.68 Å². The third kappa shape index (κ3) is 2.76. The molecule has 0 aliphatic rings. The van der Waals surface area contributed by atoms with Gasteiger partial charge in [-0.1, -0.05) is 16.8 Å². The second kappa shape index (κ2) is 4.88. The van der Waals surface area contributed by atoms with Crippen molar-refractivity contribution in [1.82, 2.24) is 5.16 Å². The number of halogens is 1. The lowest BCUT2D eigenvalue weighted by Gasteiger charge is -2.07. The van der Waals surface area contributed by atoms with Crippen molar-refractivity contribution in [3.8, 4) is 5.75 Å². The Kier molecular flexibility index (Phi) is 3.30. The predicted molar refractivity (Wildman–Crippen MR) is 59.2 cm³/mol. The number of nitrogens with zero attached hydrogens (tertiary/aromatic N) is 1. The third-order valence-electron chi connectivity index (χ3n) is 2.05. The van der Waals surface area contributed by atoms with Crippen LogP contribution in [-0.4, -0.2) is 16.2 Å². The second-order valence-corrected chi connectivity index (χ2v) is 3.70. The summed E-state index contributed by atoms with van der Waals surface area (Å²) in [5.74, 6) is -0.837. The molecular weight excluding hydrogens is 246 g/mol. The molecule has 0 fully saturated rings. The van der Waals surface area contributed by atoms with Gasteiger partial charge in [0.2, 0.25) is 0 Å². The van der Waals surface area contributed by atoms with Crippen molar-refractivity contribution in [3.05, 3.63) is 46.8 Å². The first-order valence-electron chi connectivity index (χ1n) is 4.70. The molecule has 0 radical (unpaired) electrons. The van der Waals surface area contributed by atoms with E-state index in [1.807, 2.05) is 0 Å². The summed E-state index contributed by atoms with van der Waals surface area (Å²) >= 11 is 5.72. The van der Waals surface area contributed by atoms with E-state index in [1.165, 1.54) is 24.6 Å². The van der Waals surface area contributed by atoms with E-state index in [9.17, 15) is 4.79 Å². The summed E-state index contributed by atoms with van der Waals surface area (Å²) < 4.78 is 9.99. The van der Waals surface area contributed by atoms with Crippen LogP contribution >= 0.6 is 11.6 Å². The molecule has 0 amide bonds. The number of aromatic nitrogens is 1. The largest absolute Gasteiger partial charge is 0.488 e. The normalized spacial score (nSPS) is 10.2. The Morgan fingerprint density at radius 1 is 1.53 bits per heavy atom. The maximum atomic E-state index is 11.0. The Morgan fingerprint density at radius 3 is 3.00 bits per heavy atom. The molecule has 1 heterocycles. The van der Waals surface area contributed by atoms with E-state index in [4.69, 9.17) is 21.4 Å². The van der Waals surface area contributed by atoms with Gasteiger partial charge in [0.1, 0.15) is 24.2 Å². The zero-order valence-electron chi connectivity index (χ0n) is 8.59. The van der Waals surface area contributed by atoms with Crippen LogP contribution in [0, 0.1) is 0 Å². The predicted octanol–water partition coefficient (Wildman–Crippen LogP) is 2.61. The Bertz CT molecular complexity index is 524. The lowest BCUT2D eigenvalue weighted by molar-refractivity contribution is 0.0692. The molecule has 0 saturated carbocycles. The lowest BCUT2D eigenvalue weighted by Crippen LogP contribution is -2.03. The van der Waals surface area contributed by atoms with Gasteiger partial charge in [-0.05, 0) is 18.2 Å². The fraction of sp³-hybridized carbons (Fsp3) is 0.0909. The number of hydrogen-bond donors (Lipinski definition) is 1. The van der Waals surface area contributed by atoms with Gasteiger partial charge in [-0.2, -0.15) is 0 Å². The summed E-state index contributed by atoms with van der Waals surface area (Å²) in [5, 5.41) is 12.8. The molecule has 0 saturated heterocycles. The highest BCUT2D eigenvalue weighted by Crippen LogP contribution is 2.23. The number of aromatic carboxylic acids is 1. The molecular formula is C11H8ClNO4. The van der Waals surface area contributed by atoms with Crippen molar-refractivity contribution in [2.24, 2.45) is 0 Å². The molecule has 0 aliphatic carbocycles. The molecule has 2 aromatic rings. The average Bonchev–Trinajstić information content (AvgIpc) is 2.80. The average molecular weight is 254 g/mol. The van der Waals surface area contributed by atoms with E-state index in [0.717, 1.165) is 5.56 Å². The monoisotopic (exact) mass is 253 g/mol. The molecule has 0 spiro atoms. The van der Waals surface area contributed by atoms with Gasteiger partial charge in [-0.15, -0.1) is 0 Å². The quantitative estimate of drug-likeness (QED) is 0.907. The van der Waals surface area contributed by atoms with Crippen LogP contribution in [0.1, 0.15) is 15.9 Å². The number of carboxylic acid groups (broad SMARTS) is 1. The molecule has 0 aliphatic heterocycles. The SMILES string of the molecule is O=C(O)c1cc(Cl)ccc1OCc1cnoc1. The number of rotatable bonds is 4. The number of carbonyl (C=O) groups is 1. The van der Waals surface area contributed by atoms with Gasteiger partial charge in [0.15, 0.2) is 0 Å². The Labute approximate surface area is 102 Å².